The van der Waals surface area contributed by atoms with Crippen molar-refractivity contribution in [1.82, 2.24) is 20.1 Å². The molecule has 0 bridgehead atoms. The number of rotatable bonds is 3. The van der Waals surface area contributed by atoms with Crippen molar-refractivity contribution in [3.63, 3.8) is 0 Å². The topological polar surface area (TPSA) is 82.1 Å². The SMILES string of the molecule is [2H]C([2H])([2H])N1CCC(c2nnc([C@@]34CN(c5ccc6cccc(C#N)c6n5)C[C@]3(C(F)(F)F)C4)o2)CC1. The maximum Gasteiger partial charge on any atom is 0.397 e. The molecule has 2 aromatic heterocycles. The first-order valence-electron chi connectivity index (χ1n) is 12.7. The molecule has 3 aliphatic rings. The molecule has 176 valence electrons. The highest BCUT2D eigenvalue weighted by Gasteiger charge is 2.86. The van der Waals surface area contributed by atoms with Crippen molar-refractivity contribution < 1.29 is 21.7 Å². The zero-order valence-corrected chi connectivity index (χ0v) is 18.1. The van der Waals surface area contributed by atoms with Gasteiger partial charge in [-0.25, -0.2) is 4.98 Å². The molecule has 0 unspecified atom stereocenters. The first-order chi connectivity index (χ1) is 17.5. The molecule has 3 aromatic rings. The summed E-state index contributed by atoms with van der Waals surface area (Å²) in [4.78, 5) is 7.53. The van der Waals surface area contributed by atoms with Crippen LogP contribution in [0.3, 0.4) is 0 Å². The number of aromatic nitrogens is 3. The van der Waals surface area contributed by atoms with Crippen LogP contribution < -0.4 is 4.90 Å². The number of pyridine rings is 1. The maximum absolute atomic E-state index is 14.5. The van der Waals surface area contributed by atoms with Crippen molar-refractivity contribution in [1.29, 1.82) is 5.26 Å². The second-order valence-electron chi connectivity index (χ2n) is 9.56. The number of likely N-dealkylation sites (tertiary alicyclic amines) is 1. The normalized spacial score (nSPS) is 29.4. The fourth-order valence-corrected chi connectivity index (χ4v) is 5.69. The second-order valence-corrected chi connectivity index (χ2v) is 9.56. The van der Waals surface area contributed by atoms with Gasteiger partial charge in [0.2, 0.25) is 11.8 Å². The van der Waals surface area contributed by atoms with Gasteiger partial charge in [-0.15, -0.1) is 10.2 Å². The van der Waals surface area contributed by atoms with Crippen molar-refractivity contribution in [3.8, 4) is 6.07 Å². The molecule has 0 spiro atoms. The molecular weight excluding hydrogens is 445 g/mol. The number of fused-ring (bicyclic) bond motifs is 2. The second kappa shape index (κ2) is 7.15. The number of nitriles is 1. The van der Waals surface area contributed by atoms with Crippen LogP contribution in [-0.4, -0.2) is 59.4 Å². The molecule has 1 saturated carbocycles. The molecule has 1 aliphatic carbocycles. The number of benzene rings is 1. The molecule has 4 heterocycles. The monoisotopic (exact) mass is 471 g/mol. The van der Waals surface area contributed by atoms with E-state index >= 15 is 0 Å². The van der Waals surface area contributed by atoms with Gasteiger partial charge in [0, 0.05) is 28.5 Å². The van der Waals surface area contributed by atoms with E-state index < -0.39 is 24.0 Å². The number of para-hydroxylation sites is 1. The number of halogens is 3. The average Bonchev–Trinajstić information content (AvgIpc) is 3.18. The van der Waals surface area contributed by atoms with Crippen LogP contribution in [0.1, 0.15) is 46.6 Å². The molecule has 1 aromatic carbocycles. The van der Waals surface area contributed by atoms with Gasteiger partial charge in [-0.1, -0.05) is 12.1 Å². The summed E-state index contributed by atoms with van der Waals surface area (Å²) in [5.41, 5.74) is -2.60. The first-order valence-corrected chi connectivity index (χ1v) is 11.2. The average molecular weight is 472 g/mol. The van der Waals surface area contributed by atoms with Crippen LogP contribution in [0.25, 0.3) is 10.9 Å². The minimum Gasteiger partial charge on any atom is -0.424 e. The van der Waals surface area contributed by atoms with Gasteiger partial charge in [0.25, 0.3) is 0 Å². The van der Waals surface area contributed by atoms with Crippen LogP contribution in [0.2, 0.25) is 0 Å². The van der Waals surface area contributed by atoms with E-state index in [9.17, 15) is 18.4 Å². The third-order valence-electron chi connectivity index (χ3n) is 7.70. The Morgan fingerprint density at radius 2 is 2.00 bits per heavy atom. The summed E-state index contributed by atoms with van der Waals surface area (Å²) in [5.74, 6) is 0.402. The lowest BCUT2D eigenvalue weighted by Crippen LogP contribution is -2.34. The van der Waals surface area contributed by atoms with Crippen molar-refractivity contribution in [2.45, 2.75) is 36.8 Å². The molecule has 2 saturated heterocycles. The molecule has 2 atom stereocenters. The lowest BCUT2D eigenvalue weighted by molar-refractivity contribution is -0.187. The van der Waals surface area contributed by atoms with E-state index in [1.165, 1.54) is 4.90 Å². The third kappa shape index (κ3) is 2.96. The van der Waals surface area contributed by atoms with Crippen LogP contribution in [0.15, 0.2) is 34.7 Å². The van der Waals surface area contributed by atoms with Crippen molar-refractivity contribution in [2.75, 3.05) is 38.1 Å². The van der Waals surface area contributed by atoms with Crippen LogP contribution >= 0.6 is 0 Å². The Morgan fingerprint density at radius 3 is 2.74 bits per heavy atom. The van der Waals surface area contributed by atoms with E-state index in [2.05, 4.69) is 21.3 Å². The van der Waals surface area contributed by atoms with Crippen molar-refractivity contribution in [2.24, 2.45) is 5.41 Å². The zero-order valence-electron chi connectivity index (χ0n) is 21.1. The summed E-state index contributed by atoms with van der Waals surface area (Å²) in [6.45, 7) is -1.81. The molecular formula is C24H23F3N6O. The van der Waals surface area contributed by atoms with E-state index in [0.29, 0.717) is 42.8 Å². The third-order valence-corrected chi connectivity index (χ3v) is 7.70. The Balaban J connectivity index is 1.29. The summed E-state index contributed by atoms with van der Waals surface area (Å²) < 4.78 is 72.0. The van der Waals surface area contributed by atoms with E-state index in [4.69, 9.17) is 8.53 Å². The molecule has 0 N–H and O–H groups in total. The van der Waals surface area contributed by atoms with Gasteiger partial charge < -0.3 is 14.2 Å². The van der Waals surface area contributed by atoms with Gasteiger partial charge in [-0.05, 0) is 57.5 Å². The molecule has 34 heavy (non-hydrogen) atoms. The van der Waals surface area contributed by atoms with Crippen LogP contribution in [0.5, 0.6) is 0 Å². The molecule has 2 aliphatic heterocycles. The van der Waals surface area contributed by atoms with Crippen LogP contribution in [-0.2, 0) is 5.41 Å². The van der Waals surface area contributed by atoms with Gasteiger partial charge >= 0.3 is 6.18 Å². The molecule has 3 fully saturated rings. The van der Waals surface area contributed by atoms with Gasteiger partial charge in [0.15, 0.2) is 0 Å². The Kier molecular flexibility index (Phi) is 3.82. The van der Waals surface area contributed by atoms with Gasteiger partial charge in [-0.2, -0.15) is 18.4 Å². The highest BCUT2D eigenvalue weighted by atomic mass is 19.4. The molecule has 7 nitrogen and oxygen atoms in total. The Bertz CT molecular complexity index is 1410. The summed E-state index contributed by atoms with van der Waals surface area (Å²) in [7, 11) is 0. The number of alkyl halides is 3. The summed E-state index contributed by atoms with van der Waals surface area (Å²) in [6.07, 6.45) is -3.68. The van der Waals surface area contributed by atoms with E-state index in [1.807, 2.05) is 0 Å². The number of piperidine rings is 2. The zero-order chi connectivity index (χ0) is 26.2. The molecule has 0 radical (unpaired) electrons. The lowest BCUT2D eigenvalue weighted by Gasteiger charge is -2.26. The highest BCUT2D eigenvalue weighted by molar-refractivity contribution is 5.85. The Hall–Kier alpha value is -3.19. The highest BCUT2D eigenvalue weighted by Crippen LogP contribution is 2.75. The summed E-state index contributed by atoms with van der Waals surface area (Å²) >= 11 is 0. The summed E-state index contributed by atoms with van der Waals surface area (Å²) in [5, 5.41) is 18.4. The fourth-order valence-electron chi connectivity index (χ4n) is 5.69. The predicted octanol–water partition coefficient (Wildman–Crippen LogP) is 4.01. The van der Waals surface area contributed by atoms with Gasteiger partial charge in [-0.3, -0.25) is 0 Å². The predicted molar refractivity (Wildman–Crippen MR) is 117 cm³/mol. The number of anilines is 1. The van der Waals surface area contributed by atoms with Crippen molar-refractivity contribution in [3.05, 3.63) is 47.7 Å². The maximum atomic E-state index is 14.5. The van der Waals surface area contributed by atoms with E-state index in [1.54, 1.807) is 35.2 Å². The largest absolute Gasteiger partial charge is 0.424 e. The quantitative estimate of drug-likeness (QED) is 0.571. The van der Waals surface area contributed by atoms with Crippen molar-refractivity contribution >= 4 is 16.7 Å². The molecule has 10 heteroatoms. The van der Waals surface area contributed by atoms with Gasteiger partial charge in [0.1, 0.15) is 17.3 Å². The van der Waals surface area contributed by atoms with Crippen LogP contribution in [0.4, 0.5) is 19.0 Å². The minimum atomic E-state index is -4.49. The minimum absolute atomic E-state index is 0.0128. The van der Waals surface area contributed by atoms with E-state index in [0.717, 1.165) is 5.39 Å². The molecule has 6 rings (SSSR count). The standard InChI is InChI=1S/C24H23F3N6O/c1-32-9-7-16(8-10-32)20-30-31-21(34-20)22-12-23(22,24(25,26)27)14-33(13-22)18-6-5-15-3-2-4-17(11-28)19(15)29-18/h2-6,16H,7-10,12-14H2,1H3/t22-,23-/m1/s1/i1D3. The number of hydrogen-bond acceptors (Lipinski definition) is 7. The number of nitrogens with zero attached hydrogens (tertiary/aromatic N) is 6. The smallest absolute Gasteiger partial charge is 0.397 e. The van der Waals surface area contributed by atoms with Crippen LogP contribution in [0, 0.1) is 16.7 Å². The lowest BCUT2D eigenvalue weighted by atomic mass is 9.95. The number of hydrogen-bond donors (Lipinski definition) is 0. The van der Waals surface area contributed by atoms with E-state index in [-0.39, 0.29) is 37.2 Å². The summed E-state index contributed by atoms with van der Waals surface area (Å²) in [6, 6.07) is 10.7. The Labute approximate surface area is 198 Å². The first kappa shape index (κ1) is 18.2. The van der Waals surface area contributed by atoms with Gasteiger partial charge in [0.05, 0.1) is 16.5 Å². The molecule has 0 amide bonds. The fraction of sp³-hybridized carbons (Fsp3) is 0.500. The Morgan fingerprint density at radius 1 is 1.18 bits per heavy atom.